The van der Waals surface area contributed by atoms with Gasteiger partial charge in [0, 0.05) is 42.9 Å². The van der Waals surface area contributed by atoms with Gasteiger partial charge in [-0.15, -0.1) is 0 Å². The van der Waals surface area contributed by atoms with Gasteiger partial charge in [-0.1, -0.05) is 0 Å². The number of aliphatic hydroxyl groups is 1. The number of anilines is 2. The number of aromatic nitrogens is 4. The molecule has 0 spiro atoms. The summed E-state index contributed by atoms with van der Waals surface area (Å²) in [6.07, 6.45) is 7.88. The van der Waals surface area contributed by atoms with E-state index in [0.29, 0.717) is 43.7 Å². The third-order valence-electron chi connectivity index (χ3n) is 8.05. The van der Waals surface area contributed by atoms with E-state index in [4.69, 9.17) is 24.9 Å². The Hall–Kier alpha value is -3.25. The molecule has 0 aliphatic carbocycles. The van der Waals surface area contributed by atoms with Crippen molar-refractivity contribution in [2.24, 2.45) is 0 Å². The SMILES string of the molecule is Cc1cc(-c2cnc(N)c(Oc3cnn(C4CCN(C)CC4)c3)n2)cc([C@]2(O)CCOC2)c1N1CCOCC1. The molecule has 0 bridgehead atoms. The summed E-state index contributed by atoms with van der Waals surface area (Å²) in [6.45, 7) is 7.81. The van der Waals surface area contributed by atoms with Crippen molar-refractivity contribution in [3.05, 3.63) is 41.9 Å². The Labute approximate surface area is 228 Å². The summed E-state index contributed by atoms with van der Waals surface area (Å²) in [6, 6.07) is 4.44. The number of piperidine rings is 1. The number of hydrogen-bond donors (Lipinski definition) is 2. The van der Waals surface area contributed by atoms with Gasteiger partial charge >= 0.3 is 0 Å². The number of likely N-dealkylation sites (tertiary alicyclic amines) is 1. The lowest BCUT2D eigenvalue weighted by molar-refractivity contribution is 0.0233. The standard InChI is InChI=1S/C28H37N7O4/c1-19-13-20(14-23(28(36)5-10-38-18-28)25(19)34-8-11-37-12-9-34)24-16-30-26(29)27(32-24)39-22-15-31-35(17-22)21-3-6-33(2)7-4-21/h13-17,21,36H,3-12,18H2,1-2H3,(H2,29,30)/t28-/m0/s1. The monoisotopic (exact) mass is 535 g/mol. The second kappa shape index (κ2) is 10.7. The Bertz CT molecular complexity index is 1310. The average Bonchev–Trinajstić information content (AvgIpc) is 3.60. The minimum absolute atomic E-state index is 0.204. The summed E-state index contributed by atoms with van der Waals surface area (Å²) < 4.78 is 19.3. The van der Waals surface area contributed by atoms with Crippen molar-refractivity contribution in [2.75, 3.05) is 70.3 Å². The fourth-order valence-electron chi connectivity index (χ4n) is 5.80. The highest BCUT2D eigenvalue weighted by Gasteiger charge is 2.38. The van der Waals surface area contributed by atoms with Crippen LogP contribution in [0.15, 0.2) is 30.7 Å². The molecule has 3 aliphatic rings. The molecule has 11 heteroatoms. The molecule has 1 atom stereocenters. The van der Waals surface area contributed by atoms with Crippen molar-refractivity contribution in [3.8, 4) is 22.9 Å². The van der Waals surface area contributed by atoms with Crippen molar-refractivity contribution in [1.82, 2.24) is 24.6 Å². The summed E-state index contributed by atoms with van der Waals surface area (Å²) in [5.41, 5.74) is 9.48. The number of rotatable bonds is 6. The molecule has 39 heavy (non-hydrogen) atoms. The molecule has 3 N–H and O–H groups in total. The van der Waals surface area contributed by atoms with Crippen LogP contribution in [0.1, 0.15) is 36.4 Å². The highest BCUT2D eigenvalue weighted by atomic mass is 16.5. The van der Waals surface area contributed by atoms with Crippen LogP contribution < -0.4 is 15.4 Å². The van der Waals surface area contributed by atoms with Gasteiger partial charge in [-0.3, -0.25) is 4.68 Å². The molecule has 6 rings (SSSR count). The predicted molar refractivity (Wildman–Crippen MR) is 147 cm³/mol. The van der Waals surface area contributed by atoms with Gasteiger partial charge in [-0.2, -0.15) is 5.10 Å². The van der Waals surface area contributed by atoms with Gasteiger partial charge in [0.15, 0.2) is 11.6 Å². The van der Waals surface area contributed by atoms with E-state index in [0.717, 1.165) is 61.4 Å². The lowest BCUT2D eigenvalue weighted by Gasteiger charge is -2.35. The molecule has 3 saturated heterocycles. The van der Waals surface area contributed by atoms with E-state index in [-0.39, 0.29) is 18.3 Å². The fraction of sp³-hybridized carbons (Fsp3) is 0.536. The molecule has 1 aromatic carbocycles. The van der Waals surface area contributed by atoms with E-state index in [1.807, 2.05) is 16.9 Å². The highest BCUT2D eigenvalue weighted by Crippen LogP contribution is 2.42. The van der Waals surface area contributed by atoms with Crippen LogP contribution in [0.2, 0.25) is 0 Å². The van der Waals surface area contributed by atoms with Gasteiger partial charge in [0.2, 0.25) is 0 Å². The Morgan fingerprint density at radius 1 is 1.08 bits per heavy atom. The topological polar surface area (TPSA) is 124 Å². The van der Waals surface area contributed by atoms with Crippen LogP contribution in [0.25, 0.3) is 11.3 Å². The van der Waals surface area contributed by atoms with Gasteiger partial charge in [0.1, 0.15) is 5.60 Å². The number of morpholine rings is 1. The first kappa shape index (κ1) is 26.0. The summed E-state index contributed by atoms with van der Waals surface area (Å²) in [5.74, 6) is 1.01. The number of benzene rings is 1. The van der Waals surface area contributed by atoms with Crippen molar-refractivity contribution in [1.29, 1.82) is 0 Å². The van der Waals surface area contributed by atoms with Gasteiger partial charge in [-0.25, -0.2) is 9.97 Å². The Kier molecular flexibility index (Phi) is 7.15. The molecular formula is C28H37N7O4. The number of hydrogen-bond acceptors (Lipinski definition) is 10. The maximum absolute atomic E-state index is 11.6. The minimum atomic E-state index is -1.07. The van der Waals surface area contributed by atoms with Crippen LogP contribution in [-0.2, 0) is 15.1 Å². The van der Waals surface area contributed by atoms with Crippen molar-refractivity contribution < 1.29 is 19.3 Å². The molecule has 208 valence electrons. The smallest absolute Gasteiger partial charge is 0.263 e. The molecule has 0 unspecified atom stereocenters. The fourth-order valence-corrected chi connectivity index (χ4v) is 5.80. The third-order valence-corrected chi connectivity index (χ3v) is 8.05. The Morgan fingerprint density at radius 3 is 2.62 bits per heavy atom. The number of nitrogens with zero attached hydrogens (tertiary/aromatic N) is 6. The average molecular weight is 536 g/mol. The van der Waals surface area contributed by atoms with Crippen molar-refractivity contribution >= 4 is 11.5 Å². The molecule has 2 aromatic heterocycles. The van der Waals surface area contributed by atoms with Gasteiger partial charge in [-0.05, 0) is 57.6 Å². The first-order chi connectivity index (χ1) is 18.9. The quantitative estimate of drug-likeness (QED) is 0.487. The normalized spacial score (nSPS) is 22.9. The first-order valence-corrected chi connectivity index (χ1v) is 13.7. The van der Waals surface area contributed by atoms with E-state index in [1.54, 1.807) is 12.4 Å². The molecule has 0 saturated carbocycles. The lowest BCUT2D eigenvalue weighted by Crippen LogP contribution is -2.39. The minimum Gasteiger partial charge on any atom is -0.433 e. The van der Waals surface area contributed by atoms with Gasteiger partial charge in [0.05, 0.1) is 50.1 Å². The number of ether oxygens (including phenoxy) is 3. The summed E-state index contributed by atoms with van der Waals surface area (Å²) in [4.78, 5) is 13.8. The molecule has 0 amide bonds. The van der Waals surface area contributed by atoms with E-state index < -0.39 is 5.60 Å². The number of nitrogens with two attached hydrogens (primary N) is 1. The first-order valence-electron chi connectivity index (χ1n) is 13.7. The molecule has 3 aliphatic heterocycles. The molecular weight excluding hydrogens is 498 g/mol. The van der Waals surface area contributed by atoms with Crippen molar-refractivity contribution in [3.63, 3.8) is 0 Å². The number of aryl methyl sites for hydroxylation is 1. The Morgan fingerprint density at radius 2 is 1.87 bits per heavy atom. The van der Waals surface area contributed by atoms with Crippen LogP contribution in [0.3, 0.4) is 0 Å². The third kappa shape index (κ3) is 5.31. The van der Waals surface area contributed by atoms with E-state index in [9.17, 15) is 5.11 Å². The molecule has 0 radical (unpaired) electrons. The predicted octanol–water partition coefficient (Wildman–Crippen LogP) is 2.73. The highest BCUT2D eigenvalue weighted by molar-refractivity contribution is 5.72. The molecule has 3 fully saturated rings. The van der Waals surface area contributed by atoms with Gasteiger partial charge in [0.25, 0.3) is 5.88 Å². The van der Waals surface area contributed by atoms with E-state index in [2.05, 4.69) is 39.9 Å². The second-order valence-electron chi connectivity index (χ2n) is 10.9. The summed E-state index contributed by atoms with van der Waals surface area (Å²) in [7, 11) is 2.14. The van der Waals surface area contributed by atoms with Crippen LogP contribution in [0.4, 0.5) is 11.5 Å². The van der Waals surface area contributed by atoms with Crippen LogP contribution in [0.5, 0.6) is 11.6 Å². The molecule has 5 heterocycles. The van der Waals surface area contributed by atoms with E-state index >= 15 is 0 Å². The van der Waals surface area contributed by atoms with Crippen molar-refractivity contribution in [2.45, 2.75) is 37.8 Å². The van der Waals surface area contributed by atoms with Gasteiger partial charge < -0.3 is 34.9 Å². The van der Waals surface area contributed by atoms with Crippen LogP contribution >= 0.6 is 0 Å². The lowest BCUT2D eigenvalue weighted by atomic mass is 9.87. The maximum atomic E-state index is 11.6. The zero-order valence-electron chi connectivity index (χ0n) is 22.7. The molecule has 3 aromatic rings. The zero-order chi connectivity index (χ0) is 27.0. The zero-order valence-corrected chi connectivity index (χ0v) is 22.7. The summed E-state index contributed by atoms with van der Waals surface area (Å²) in [5, 5.41) is 16.1. The Balaban J connectivity index is 1.31. The molecule has 11 nitrogen and oxygen atoms in total. The largest absolute Gasteiger partial charge is 0.433 e. The summed E-state index contributed by atoms with van der Waals surface area (Å²) >= 11 is 0. The number of nitrogen functional groups attached to an aromatic ring is 1. The maximum Gasteiger partial charge on any atom is 0.263 e. The van der Waals surface area contributed by atoms with Crippen LogP contribution in [-0.4, -0.2) is 89.4 Å². The second-order valence-corrected chi connectivity index (χ2v) is 10.9. The van der Waals surface area contributed by atoms with E-state index in [1.165, 1.54) is 0 Å². The van der Waals surface area contributed by atoms with Crippen LogP contribution in [0, 0.1) is 6.92 Å².